The number of hydrogen-bond acceptors (Lipinski definition) is 3. The number of rotatable bonds is 1. The van der Waals surface area contributed by atoms with Gasteiger partial charge in [-0.1, -0.05) is 0 Å². The van der Waals surface area contributed by atoms with Crippen LogP contribution >= 0.6 is 7.14 Å². The maximum atomic E-state index is 12.1. The van der Waals surface area contributed by atoms with Crippen LogP contribution in [0.15, 0.2) is 18.3 Å². The largest absolute Gasteiger partial charge is 0.398 e. The lowest BCUT2D eigenvalue weighted by molar-refractivity contribution is 0.588. The van der Waals surface area contributed by atoms with Gasteiger partial charge in [0.2, 0.25) is 0 Å². The van der Waals surface area contributed by atoms with Crippen LogP contribution in [-0.2, 0) is 11.6 Å². The fraction of sp³-hybridized carbons (Fsp3) is 0.300. The molecule has 15 heavy (non-hydrogen) atoms. The fourth-order valence-corrected chi connectivity index (χ4v) is 3.26. The van der Waals surface area contributed by atoms with Gasteiger partial charge in [0.05, 0.1) is 5.52 Å². The van der Waals surface area contributed by atoms with Crippen molar-refractivity contribution in [2.75, 3.05) is 19.1 Å². The van der Waals surface area contributed by atoms with E-state index in [0.717, 1.165) is 16.2 Å². The molecule has 2 N–H and O–H groups in total. The molecule has 80 valence electrons. The molecule has 0 unspecified atom stereocenters. The molecule has 5 heteroatoms. The quantitative estimate of drug-likeness (QED) is 0.587. The van der Waals surface area contributed by atoms with Crippen LogP contribution in [0.25, 0.3) is 10.9 Å². The number of aryl methyl sites for hydroxylation is 1. The van der Waals surface area contributed by atoms with Crippen LogP contribution in [0.1, 0.15) is 0 Å². The summed E-state index contributed by atoms with van der Waals surface area (Å²) in [6, 6.07) is 3.62. The van der Waals surface area contributed by atoms with Crippen LogP contribution in [0, 0.1) is 0 Å². The zero-order valence-corrected chi connectivity index (χ0v) is 9.95. The van der Waals surface area contributed by atoms with E-state index in [2.05, 4.69) is 5.10 Å². The van der Waals surface area contributed by atoms with Crippen molar-refractivity contribution in [2.24, 2.45) is 7.05 Å². The molecular formula is C10H14N3OP. The van der Waals surface area contributed by atoms with E-state index >= 15 is 0 Å². The summed E-state index contributed by atoms with van der Waals surface area (Å²) in [5, 5.41) is 5.91. The molecule has 0 aliphatic rings. The number of nitrogen functional groups attached to an aromatic ring is 1. The molecule has 0 radical (unpaired) electrons. The van der Waals surface area contributed by atoms with Gasteiger partial charge in [-0.15, -0.1) is 0 Å². The highest BCUT2D eigenvalue weighted by Crippen LogP contribution is 2.39. The van der Waals surface area contributed by atoms with Gasteiger partial charge >= 0.3 is 0 Å². The van der Waals surface area contributed by atoms with E-state index in [1.54, 1.807) is 24.1 Å². The molecule has 1 heterocycles. The van der Waals surface area contributed by atoms with Gasteiger partial charge in [-0.2, -0.15) is 5.10 Å². The second-order valence-electron chi connectivity index (χ2n) is 4.09. The first-order chi connectivity index (χ1) is 6.89. The zero-order valence-electron chi connectivity index (χ0n) is 9.06. The highest BCUT2D eigenvalue weighted by atomic mass is 31.2. The van der Waals surface area contributed by atoms with E-state index in [1.807, 2.05) is 19.3 Å². The van der Waals surface area contributed by atoms with Gasteiger partial charge in [0.1, 0.15) is 7.14 Å². The smallest absolute Gasteiger partial charge is 0.112 e. The normalized spacial score (nSPS) is 12.2. The summed E-state index contributed by atoms with van der Waals surface area (Å²) in [6.45, 7) is 3.45. The minimum absolute atomic E-state index is 0.587. The van der Waals surface area contributed by atoms with Gasteiger partial charge in [-0.25, -0.2) is 0 Å². The van der Waals surface area contributed by atoms with E-state index in [0.29, 0.717) is 5.69 Å². The molecule has 0 bridgehead atoms. The molecule has 0 atom stereocenters. The summed E-state index contributed by atoms with van der Waals surface area (Å²) in [4.78, 5) is 0. The van der Waals surface area contributed by atoms with E-state index in [4.69, 9.17) is 5.73 Å². The monoisotopic (exact) mass is 223 g/mol. The maximum Gasteiger partial charge on any atom is 0.112 e. The molecule has 0 saturated heterocycles. The van der Waals surface area contributed by atoms with E-state index in [9.17, 15) is 4.57 Å². The Balaban J connectivity index is 2.91. The van der Waals surface area contributed by atoms with E-state index in [-0.39, 0.29) is 0 Å². The molecular weight excluding hydrogens is 209 g/mol. The van der Waals surface area contributed by atoms with Gasteiger partial charge in [0.15, 0.2) is 0 Å². The standard InChI is InChI=1S/C10H14N3OP/c1-13-6-7-9(12-13)5-4-8(11)10(7)15(2,3)14/h4-6H,11H2,1-3H3. The predicted octanol–water partition coefficient (Wildman–Crippen LogP) is 1.40. The molecule has 0 fully saturated rings. The van der Waals surface area contributed by atoms with Crippen molar-refractivity contribution < 1.29 is 4.57 Å². The van der Waals surface area contributed by atoms with Crippen molar-refractivity contribution in [3.8, 4) is 0 Å². The van der Waals surface area contributed by atoms with Crippen LogP contribution in [0.2, 0.25) is 0 Å². The first kappa shape index (κ1) is 10.2. The summed E-state index contributed by atoms with van der Waals surface area (Å²) < 4.78 is 13.9. The predicted molar refractivity (Wildman–Crippen MR) is 64.2 cm³/mol. The number of nitrogens with two attached hydrogens (primary N) is 1. The Kier molecular flexibility index (Phi) is 2.12. The molecule has 0 spiro atoms. The Labute approximate surface area is 88.4 Å². The lowest BCUT2D eigenvalue weighted by atomic mass is 10.2. The molecule has 0 saturated carbocycles. The van der Waals surface area contributed by atoms with Crippen molar-refractivity contribution >= 4 is 29.0 Å². The van der Waals surface area contributed by atoms with Crippen molar-refractivity contribution in [3.05, 3.63) is 18.3 Å². The van der Waals surface area contributed by atoms with Crippen LogP contribution in [-0.4, -0.2) is 23.1 Å². The SMILES string of the molecule is Cn1cc2c(P(C)(C)=O)c(N)ccc2n1. The first-order valence-corrected chi connectivity index (χ1v) is 7.27. The second-order valence-corrected chi connectivity index (χ2v) is 7.24. The minimum atomic E-state index is -2.37. The average Bonchev–Trinajstić information content (AvgIpc) is 2.41. The van der Waals surface area contributed by atoms with Crippen LogP contribution < -0.4 is 11.0 Å². The fourth-order valence-electron chi connectivity index (χ4n) is 1.82. The number of nitrogens with zero attached hydrogens (tertiary/aromatic N) is 2. The Hall–Kier alpha value is -1.28. The molecule has 0 aliphatic carbocycles. The second kappa shape index (κ2) is 3.11. The van der Waals surface area contributed by atoms with E-state index < -0.39 is 7.14 Å². The minimum Gasteiger partial charge on any atom is -0.398 e. The highest BCUT2D eigenvalue weighted by Gasteiger charge is 2.19. The molecule has 0 aliphatic heterocycles. The summed E-state index contributed by atoms with van der Waals surface area (Å²) in [5.74, 6) is 0. The number of fused-ring (bicyclic) bond motifs is 1. The third kappa shape index (κ3) is 1.65. The van der Waals surface area contributed by atoms with Crippen LogP contribution in [0.3, 0.4) is 0 Å². The summed E-state index contributed by atoms with van der Waals surface area (Å²) in [5.41, 5.74) is 7.30. The van der Waals surface area contributed by atoms with Gasteiger partial charge in [-0.05, 0) is 25.5 Å². The Bertz CT molecular complexity index is 567. The van der Waals surface area contributed by atoms with Crippen molar-refractivity contribution in [3.63, 3.8) is 0 Å². The third-order valence-electron chi connectivity index (χ3n) is 2.35. The maximum absolute atomic E-state index is 12.1. The Morgan fingerprint density at radius 2 is 2.07 bits per heavy atom. The van der Waals surface area contributed by atoms with Gasteiger partial charge in [-0.3, -0.25) is 4.68 Å². The Morgan fingerprint density at radius 3 is 2.67 bits per heavy atom. The van der Waals surface area contributed by atoms with E-state index in [1.165, 1.54) is 0 Å². The van der Waals surface area contributed by atoms with Crippen LogP contribution in [0.5, 0.6) is 0 Å². The molecule has 2 rings (SSSR count). The third-order valence-corrected chi connectivity index (χ3v) is 3.92. The molecule has 1 aromatic heterocycles. The van der Waals surface area contributed by atoms with Gasteiger partial charge in [0, 0.05) is 29.6 Å². The molecule has 0 amide bonds. The average molecular weight is 223 g/mol. The van der Waals surface area contributed by atoms with Crippen molar-refractivity contribution in [2.45, 2.75) is 0 Å². The molecule has 2 aromatic rings. The molecule has 4 nitrogen and oxygen atoms in total. The lowest BCUT2D eigenvalue weighted by Crippen LogP contribution is -2.10. The summed E-state index contributed by atoms with van der Waals surface area (Å²) in [6.07, 6.45) is 1.86. The van der Waals surface area contributed by atoms with Gasteiger partial charge in [0.25, 0.3) is 0 Å². The highest BCUT2D eigenvalue weighted by molar-refractivity contribution is 7.71. The summed E-state index contributed by atoms with van der Waals surface area (Å²) >= 11 is 0. The van der Waals surface area contributed by atoms with Crippen molar-refractivity contribution in [1.82, 2.24) is 9.78 Å². The Morgan fingerprint density at radius 1 is 1.40 bits per heavy atom. The number of benzene rings is 1. The topological polar surface area (TPSA) is 60.9 Å². The van der Waals surface area contributed by atoms with Crippen LogP contribution in [0.4, 0.5) is 5.69 Å². The molecule has 1 aromatic carbocycles. The first-order valence-electron chi connectivity index (χ1n) is 4.67. The zero-order chi connectivity index (χ0) is 11.2. The number of anilines is 1. The number of hydrogen-bond donors (Lipinski definition) is 1. The van der Waals surface area contributed by atoms with Gasteiger partial charge < -0.3 is 10.3 Å². The number of aromatic nitrogens is 2. The van der Waals surface area contributed by atoms with Crippen molar-refractivity contribution in [1.29, 1.82) is 0 Å². The summed E-state index contributed by atoms with van der Waals surface area (Å²) in [7, 11) is -0.523. The lowest BCUT2D eigenvalue weighted by Gasteiger charge is -2.10.